The topological polar surface area (TPSA) is 108 Å². The van der Waals surface area contributed by atoms with Crippen molar-refractivity contribution in [2.24, 2.45) is 0 Å². The molecule has 0 aromatic heterocycles. The van der Waals surface area contributed by atoms with Crippen LogP contribution < -0.4 is 10.0 Å². The number of nitrogens with one attached hydrogen (secondary N) is 2. The summed E-state index contributed by atoms with van der Waals surface area (Å²) < 4.78 is 31.7. The Kier molecular flexibility index (Phi) is 9.52. The number of sulfonamides is 1. The highest BCUT2D eigenvalue weighted by Crippen LogP contribution is 2.08. The molecule has 9 nitrogen and oxygen atoms in total. The fraction of sp³-hybridized carbons (Fsp3) is 0.579. The number of methoxy groups -OCH3 is 1. The SMILES string of the molecule is COCCCNC(=O)CN1CCN(C(=O)CCNS(=O)(=O)c2ccccc2)CC1. The zero-order valence-electron chi connectivity index (χ0n) is 16.8. The van der Waals surface area contributed by atoms with E-state index < -0.39 is 10.0 Å². The molecule has 1 aliphatic heterocycles. The summed E-state index contributed by atoms with van der Waals surface area (Å²) in [5, 5.41) is 2.85. The van der Waals surface area contributed by atoms with Crippen LogP contribution in [0.3, 0.4) is 0 Å². The summed E-state index contributed by atoms with van der Waals surface area (Å²) in [6.45, 7) is 3.86. The largest absolute Gasteiger partial charge is 0.385 e. The average molecular weight is 427 g/mol. The van der Waals surface area contributed by atoms with Crippen molar-refractivity contribution in [3.8, 4) is 0 Å². The summed E-state index contributed by atoms with van der Waals surface area (Å²) in [5.41, 5.74) is 0. The maximum absolute atomic E-state index is 12.3. The van der Waals surface area contributed by atoms with Gasteiger partial charge in [-0.05, 0) is 18.6 Å². The van der Waals surface area contributed by atoms with Gasteiger partial charge in [-0.3, -0.25) is 14.5 Å². The highest BCUT2D eigenvalue weighted by molar-refractivity contribution is 7.89. The first kappa shape index (κ1) is 23.3. The number of nitrogens with zero attached hydrogens (tertiary/aromatic N) is 2. The fourth-order valence-electron chi connectivity index (χ4n) is 2.99. The molecular formula is C19H30N4O5S. The molecule has 2 amide bonds. The number of piperazine rings is 1. The minimum absolute atomic E-state index is 0.0313. The third-order valence-corrected chi connectivity index (χ3v) is 6.10. The summed E-state index contributed by atoms with van der Waals surface area (Å²) in [6, 6.07) is 8.07. The molecule has 1 heterocycles. The van der Waals surface area contributed by atoms with Gasteiger partial charge >= 0.3 is 0 Å². The maximum atomic E-state index is 12.3. The Bertz CT molecular complexity index is 749. The van der Waals surface area contributed by atoms with E-state index in [0.717, 1.165) is 6.42 Å². The first-order valence-electron chi connectivity index (χ1n) is 9.73. The van der Waals surface area contributed by atoms with Crippen LogP contribution in [0, 0.1) is 0 Å². The Morgan fingerprint density at radius 3 is 2.41 bits per heavy atom. The predicted octanol–water partition coefficient (Wildman–Crippen LogP) is -0.348. The molecule has 0 bridgehead atoms. The highest BCUT2D eigenvalue weighted by atomic mass is 32.2. The molecule has 1 fully saturated rings. The molecule has 1 aromatic carbocycles. The minimum atomic E-state index is -3.60. The Labute approximate surface area is 172 Å². The zero-order chi connectivity index (χ0) is 21.1. The standard InChI is InChI=1S/C19H30N4O5S/c1-28-15-5-9-20-18(24)16-22-11-13-23(14-12-22)19(25)8-10-21-29(26,27)17-6-3-2-4-7-17/h2-4,6-7,21H,5,8-16H2,1H3,(H,20,24). The first-order chi connectivity index (χ1) is 13.9. The van der Waals surface area contributed by atoms with Crippen LogP contribution in [0.25, 0.3) is 0 Å². The van der Waals surface area contributed by atoms with Gasteiger partial charge in [0.15, 0.2) is 0 Å². The molecule has 0 aliphatic carbocycles. The molecule has 0 spiro atoms. The Balaban J connectivity index is 1.65. The van der Waals surface area contributed by atoms with E-state index in [2.05, 4.69) is 10.0 Å². The van der Waals surface area contributed by atoms with Crippen molar-refractivity contribution < 1.29 is 22.7 Å². The van der Waals surface area contributed by atoms with E-state index in [1.807, 2.05) is 4.90 Å². The lowest BCUT2D eigenvalue weighted by Gasteiger charge is -2.34. The lowest BCUT2D eigenvalue weighted by molar-refractivity contribution is -0.133. The van der Waals surface area contributed by atoms with Gasteiger partial charge in [0.1, 0.15) is 0 Å². The van der Waals surface area contributed by atoms with Crippen molar-refractivity contribution in [3.63, 3.8) is 0 Å². The summed E-state index contributed by atoms with van der Waals surface area (Å²) in [4.78, 5) is 28.1. The van der Waals surface area contributed by atoms with Gasteiger partial charge in [-0.25, -0.2) is 13.1 Å². The van der Waals surface area contributed by atoms with E-state index in [9.17, 15) is 18.0 Å². The van der Waals surface area contributed by atoms with Crippen LogP contribution in [0.15, 0.2) is 35.2 Å². The lowest BCUT2D eigenvalue weighted by Crippen LogP contribution is -2.51. The summed E-state index contributed by atoms with van der Waals surface area (Å²) in [5.74, 6) is -0.124. The van der Waals surface area contributed by atoms with Crippen LogP contribution >= 0.6 is 0 Å². The molecule has 1 aliphatic rings. The van der Waals surface area contributed by atoms with E-state index in [-0.39, 0.29) is 29.7 Å². The second-order valence-electron chi connectivity index (χ2n) is 6.81. The van der Waals surface area contributed by atoms with Gasteiger partial charge in [-0.1, -0.05) is 18.2 Å². The second-order valence-corrected chi connectivity index (χ2v) is 8.58. The van der Waals surface area contributed by atoms with E-state index >= 15 is 0 Å². The van der Waals surface area contributed by atoms with E-state index in [0.29, 0.717) is 45.9 Å². The monoisotopic (exact) mass is 426 g/mol. The number of rotatable bonds is 11. The van der Waals surface area contributed by atoms with E-state index in [1.165, 1.54) is 12.1 Å². The molecule has 0 unspecified atom stereocenters. The van der Waals surface area contributed by atoms with Crippen molar-refractivity contribution in [3.05, 3.63) is 30.3 Å². The molecule has 2 N–H and O–H groups in total. The van der Waals surface area contributed by atoms with Gasteiger partial charge in [0.2, 0.25) is 21.8 Å². The fourth-order valence-corrected chi connectivity index (χ4v) is 4.05. The highest BCUT2D eigenvalue weighted by Gasteiger charge is 2.22. The average Bonchev–Trinajstić information content (AvgIpc) is 2.72. The second kappa shape index (κ2) is 11.9. The number of ether oxygens (including phenoxy) is 1. The van der Waals surface area contributed by atoms with Gasteiger partial charge in [0.25, 0.3) is 0 Å². The maximum Gasteiger partial charge on any atom is 0.240 e. The van der Waals surface area contributed by atoms with Gasteiger partial charge in [0.05, 0.1) is 11.4 Å². The molecule has 29 heavy (non-hydrogen) atoms. The van der Waals surface area contributed by atoms with Crippen LogP contribution in [0.5, 0.6) is 0 Å². The number of benzene rings is 1. The summed E-state index contributed by atoms with van der Waals surface area (Å²) >= 11 is 0. The van der Waals surface area contributed by atoms with Crippen molar-refractivity contribution >= 4 is 21.8 Å². The Hall–Kier alpha value is -2.01. The van der Waals surface area contributed by atoms with Crippen LogP contribution in [0.4, 0.5) is 0 Å². The Morgan fingerprint density at radius 2 is 1.76 bits per heavy atom. The van der Waals surface area contributed by atoms with Crippen LogP contribution in [0.2, 0.25) is 0 Å². The van der Waals surface area contributed by atoms with Crippen LogP contribution in [-0.2, 0) is 24.3 Å². The number of carbonyl (C=O) groups is 2. The predicted molar refractivity (Wildman–Crippen MR) is 109 cm³/mol. The molecule has 0 atom stereocenters. The van der Waals surface area contributed by atoms with Gasteiger partial charge < -0.3 is 15.0 Å². The Morgan fingerprint density at radius 1 is 1.07 bits per heavy atom. The van der Waals surface area contributed by atoms with Crippen molar-refractivity contribution in [1.82, 2.24) is 19.8 Å². The molecule has 0 radical (unpaired) electrons. The summed E-state index contributed by atoms with van der Waals surface area (Å²) in [6.07, 6.45) is 0.880. The smallest absolute Gasteiger partial charge is 0.240 e. The lowest BCUT2D eigenvalue weighted by atomic mass is 10.2. The summed E-state index contributed by atoms with van der Waals surface area (Å²) in [7, 11) is -1.98. The number of carbonyl (C=O) groups excluding carboxylic acids is 2. The minimum Gasteiger partial charge on any atom is -0.385 e. The van der Waals surface area contributed by atoms with Crippen molar-refractivity contribution in [2.75, 3.05) is 59.5 Å². The third-order valence-electron chi connectivity index (χ3n) is 4.62. The van der Waals surface area contributed by atoms with Crippen LogP contribution in [-0.4, -0.2) is 89.6 Å². The van der Waals surface area contributed by atoms with Crippen molar-refractivity contribution in [2.45, 2.75) is 17.7 Å². The molecule has 1 saturated heterocycles. The zero-order valence-corrected chi connectivity index (χ0v) is 17.6. The quantitative estimate of drug-likeness (QED) is 0.469. The van der Waals surface area contributed by atoms with Crippen LogP contribution in [0.1, 0.15) is 12.8 Å². The van der Waals surface area contributed by atoms with Gasteiger partial charge in [0, 0.05) is 59.4 Å². The van der Waals surface area contributed by atoms with E-state index in [4.69, 9.17) is 4.74 Å². The van der Waals surface area contributed by atoms with Crippen molar-refractivity contribution in [1.29, 1.82) is 0 Å². The molecule has 10 heteroatoms. The van der Waals surface area contributed by atoms with Gasteiger partial charge in [-0.15, -0.1) is 0 Å². The first-order valence-corrected chi connectivity index (χ1v) is 11.2. The molecule has 0 saturated carbocycles. The molecular weight excluding hydrogens is 396 g/mol. The third kappa shape index (κ3) is 8.09. The number of hydrogen-bond acceptors (Lipinski definition) is 6. The number of amides is 2. The molecule has 162 valence electrons. The molecule has 2 rings (SSSR count). The molecule has 1 aromatic rings. The van der Waals surface area contributed by atoms with Gasteiger partial charge in [-0.2, -0.15) is 0 Å². The normalized spacial score (nSPS) is 15.3. The van der Waals surface area contributed by atoms with E-state index in [1.54, 1.807) is 30.2 Å². The number of hydrogen-bond donors (Lipinski definition) is 2.